The first kappa shape index (κ1) is 17.7. The number of nitrogens with zero attached hydrogens (tertiary/aromatic N) is 1. The quantitative estimate of drug-likeness (QED) is 0.627. The van der Waals surface area contributed by atoms with Crippen molar-refractivity contribution in [3.8, 4) is 0 Å². The fourth-order valence-corrected chi connectivity index (χ4v) is 1.68. The summed E-state index contributed by atoms with van der Waals surface area (Å²) in [5.41, 5.74) is 0. The number of aliphatic carboxylic acids is 1. The normalized spacial score (nSPS) is 12.3. The number of amides is 2. The second-order valence-corrected chi connectivity index (χ2v) is 4.74. The summed E-state index contributed by atoms with van der Waals surface area (Å²) < 4.78 is 4.77. The maximum atomic E-state index is 12.0. The van der Waals surface area contributed by atoms with Crippen LogP contribution in [0.4, 0.5) is 4.79 Å². The summed E-state index contributed by atoms with van der Waals surface area (Å²) in [7, 11) is 1.31. The van der Waals surface area contributed by atoms with E-state index in [1.165, 1.54) is 7.11 Å². The van der Waals surface area contributed by atoms with Gasteiger partial charge in [-0.1, -0.05) is 19.8 Å². The number of carbonyl (C=O) groups excluding carboxylic acids is 1. The molecule has 6 nitrogen and oxygen atoms in total. The first-order valence-electron chi connectivity index (χ1n) is 6.74. The number of carboxylic acid groups (broad SMARTS) is 1. The molecule has 0 aliphatic heterocycles. The Morgan fingerprint density at radius 2 is 1.95 bits per heavy atom. The van der Waals surface area contributed by atoms with Crippen LogP contribution >= 0.6 is 0 Å². The lowest BCUT2D eigenvalue weighted by atomic mass is 10.2. The number of methoxy groups -OCH3 is 1. The Labute approximate surface area is 115 Å². The van der Waals surface area contributed by atoms with Crippen molar-refractivity contribution >= 4 is 12.0 Å². The van der Waals surface area contributed by atoms with Crippen LogP contribution in [0.15, 0.2) is 0 Å². The van der Waals surface area contributed by atoms with E-state index in [0.29, 0.717) is 6.54 Å². The van der Waals surface area contributed by atoms with Gasteiger partial charge in [-0.15, -0.1) is 0 Å². The molecule has 0 radical (unpaired) electrons. The van der Waals surface area contributed by atoms with Crippen molar-refractivity contribution in [1.82, 2.24) is 10.2 Å². The van der Waals surface area contributed by atoms with Crippen LogP contribution in [0.2, 0.25) is 0 Å². The largest absolute Gasteiger partial charge is 0.479 e. The zero-order valence-electron chi connectivity index (χ0n) is 12.3. The summed E-state index contributed by atoms with van der Waals surface area (Å²) in [5, 5.41) is 11.4. The van der Waals surface area contributed by atoms with Crippen molar-refractivity contribution in [3.05, 3.63) is 0 Å². The zero-order valence-corrected chi connectivity index (χ0v) is 12.3. The highest BCUT2D eigenvalue weighted by atomic mass is 16.5. The number of ether oxygens (including phenoxy) is 1. The van der Waals surface area contributed by atoms with E-state index in [2.05, 4.69) is 12.2 Å². The lowest BCUT2D eigenvalue weighted by Gasteiger charge is -2.27. The Bertz CT molecular complexity index is 282. The minimum Gasteiger partial charge on any atom is -0.479 e. The SMILES string of the molecule is CCCCCN(C(=O)NCC(OC)C(=O)O)C(C)C. The summed E-state index contributed by atoms with van der Waals surface area (Å²) in [4.78, 5) is 24.5. The average Bonchev–Trinajstić information content (AvgIpc) is 2.34. The number of unbranched alkanes of at least 4 members (excludes halogenated alkanes) is 2. The smallest absolute Gasteiger partial charge is 0.334 e. The molecule has 0 heterocycles. The first-order valence-corrected chi connectivity index (χ1v) is 6.74. The summed E-state index contributed by atoms with van der Waals surface area (Å²) in [6, 6.07) is -0.155. The topological polar surface area (TPSA) is 78.9 Å². The lowest BCUT2D eigenvalue weighted by molar-refractivity contribution is -0.148. The fourth-order valence-electron chi connectivity index (χ4n) is 1.68. The number of hydrogen-bond donors (Lipinski definition) is 2. The van der Waals surface area contributed by atoms with E-state index in [9.17, 15) is 9.59 Å². The van der Waals surface area contributed by atoms with Crippen molar-refractivity contribution < 1.29 is 19.4 Å². The van der Waals surface area contributed by atoms with Gasteiger partial charge in [0.15, 0.2) is 6.10 Å². The molecule has 0 rings (SSSR count). The van der Waals surface area contributed by atoms with E-state index in [4.69, 9.17) is 9.84 Å². The van der Waals surface area contributed by atoms with E-state index in [1.807, 2.05) is 13.8 Å². The van der Waals surface area contributed by atoms with E-state index < -0.39 is 12.1 Å². The Kier molecular flexibility index (Phi) is 8.95. The molecular formula is C13H26N2O4. The molecule has 2 N–H and O–H groups in total. The van der Waals surface area contributed by atoms with Crippen molar-refractivity contribution in [2.75, 3.05) is 20.2 Å². The van der Waals surface area contributed by atoms with Gasteiger partial charge in [0.25, 0.3) is 0 Å². The van der Waals surface area contributed by atoms with Gasteiger partial charge in [0, 0.05) is 19.7 Å². The standard InChI is InChI=1S/C13H26N2O4/c1-5-6-7-8-15(10(2)3)13(18)14-9-11(19-4)12(16)17/h10-11H,5-9H2,1-4H3,(H,14,18)(H,16,17). The molecule has 0 aromatic rings. The fraction of sp³-hybridized carbons (Fsp3) is 0.846. The van der Waals surface area contributed by atoms with E-state index in [1.54, 1.807) is 4.90 Å². The van der Waals surface area contributed by atoms with Gasteiger partial charge >= 0.3 is 12.0 Å². The van der Waals surface area contributed by atoms with Crippen LogP contribution in [0.1, 0.15) is 40.0 Å². The predicted octanol–water partition coefficient (Wildman–Crippen LogP) is 1.70. The average molecular weight is 274 g/mol. The molecule has 0 saturated heterocycles. The molecule has 2 amide bonds. The van der Waals surface area contributed by atoms with Gasteiger partial charge in [0.1, 0.15) is 0 Å². The van der Waals surface area contributed by atoms with Crippen molar-refractivity contribution in [2.45, 2.75) is 52.2 Å². The van der Waals surface area contributed by atoms with Crippen LogP contribution in [0.25, 0.3) is 0 Å². The molecule has 112 valence electrons. The van der Waals surface area contributed by atoms with Crippen LogP contribution in [0.3, 0.4) is 0 Å². The number of hydrogen-bond acceptors (Lipinski definition) is 3. The van der Waals surface area contributed by atoms with Gasteiger partial charge in [0.2, 0.25) is 0 Å². The summed E-state index contributed by atoms with van der Waals surface area (Å²) in [6.07, 6.45) is 2.12. The molecule has 0 aromatic carbocycles. The highest BCUT2D eigenvalue weighted by Gasteiger charge is 2.20. The second-order valence-electron chi connectivity index (χ2n) is 4.74. The molecular weight excluding hydrogens is 248 g/mol. The molecule has 19 heavy (non-hydrogen) atoms. The third kappa shape index (κ3) is 7.00. The summed E-state index contributed by atoms with van der Waals surface area (Å²) in [5.74, 6) is -1.08. The first-order chi connectivity index (χ1) is 8.93. The molecule has 0 aliphatic carbocycles. The van der Waals surface area contributed by atoms with E-state index in [-0.39, 0.29) is 18.6 Å². The van der Waals surface area contributed by atoms with Crippen LogP contribution in [-0.2, 0) is 9.53 Å². The minimum absolute atomic E-state index is 0.0261. The Balaban J connectivity index is 4.28. The molecule has 0 aromatic heterocycles. The van der Waals surface area contributed by atoms with Crippen molar-refractivity contribution in [1.29, 1.82) is 0 Å². The summed E-state index contributed by atoms with van der Waals surface area (Å²) in [6.45, 7) is 6.65. The molecule has 0 saturated carbocycles. The van der Waals surface area contributed by atoms with Gasteiger partial charge in [-0.2, -0.15) is 0 Å². The molecule has 1 atom stereocenters. The second kappa shape index (κ2) is 9.61. The van der Waals surface area contributed by atoms with Crippen LogP contribution in [-0.4, -0.2) is 54.4 Å². The van der Waals surface area contributed by atoms with Crippen LogP contribution < -0.4 is 5.32 Å². The maximum absolute atomic E-state index is 12.0. The maximum Gasteiger partial charge on any atom is 0.334 e. The zero-order chi connectivity index (χ0) is 14.8. The van der Waals surface area contributed by atoms with Gasteiger partial charge in [-0.05, 0) is 20.3 Å². The number of urea groups is 1. The highest BCUT2D eigenvalue weighted by molar-refractivity contribution is 5.77. The third-order valence-corrected chi connectivity index (χ3v) is 2.89. The Morgan fingerprint density at radius 1 is 1.32 bits per heavy atom. The Morgan fingerprint density at radius 3 is 2.37 bits per heavy atom. The summed E-state index contributed by atoms with van der Waals surface area (Å²) >= 11 is 0. The van der Waals surface area contributed by atoms with Gasteiger partial charge < -0.3 is 20.1 Å². The van der Waals surface area contributed by atoms with Gasteiger partial charge in [0.05, 0.1) is 6.54 Å². The highest BCUT2D eigenvalue weighted by Crippen LogP contribution is 2.04. The number of nitrogens with one attached hydrogen (secondary N) is 1. The van der Waals surface area contributed by atoms with Gasteiger partial charge in [-0.3, -0.25) is 0 Å². The third-order valence-electron chi connectivity index (χ3n) is 2.89. The van der Waals surface area contributed by atoms with Crippen LogP contribution in [0.5, 0.6) is 0 Å². The molecule has 0 aliphatic rings. The Hall–Kier alpha value is -1.30. The number of carboxylic acids is 1. The number of carbonyl (C=O) groups is 2. The minimum atomic E-state index is -1.08. The van der Waals surface area contributed by atoms with Crippen molar-refractivity contribution in [3.63, 3.8) is 0 Å². The van der Waals surface area contributed by atoms with E-state index >= 15 is 0 Å². The van der Waals surface area contributed by atoms with E-state index in [0.717, 1.165) is 19.3 Å². The molecule has 1 unspecified atom stereocenters. The van der Waals surface area contributed by atoms with Gasteiger partial charge in [-0.25, -0.2) is 9.59 Å². The lowest BCUT2D eigenvalue weighted by Crippen LogP contribution is -2.47. The molecule has 6 heteroatoms. The van der Waals surface area contributed by atoms with Crippen molar-refractivity contribution in [2.24, 2.45) is 0 Å². The molecule has 0 spiro atoms. The predicted molar refractivity (Wildman–Crippen MR) is 73.2 cm³/mol. The molecule has 0 bridgehead atoms. The number of rotatable bonds is 9. The van der Waals surface area contributed by atoms with Crippen LogP contribution in [0, 0.1) is 0 Å². The monoisotopic (exact) mass is 274 g/mol. The molecule has 0 fully saturated rings.